The van der Waals surface area contributed by atoms with Crippen molar-refractivity contribution in [1.82, 2.24) is 10.2 Å². The van der Waals surface area contributed by atoms with Crippen LogP contribution < -0.4 is 5.32 Å². The molecule has 1 amide bonds. The van der Waals surface area contributed by atoms with Gasteiger partial charge in [-0.15, -0.1) is 13.2 Å². The van der Waals surface area contributed by atoms with Crippen LogP contribution in [0.2, 0.25) is 0 Å². The minimum atomic E-state index is -0.328. The summed E-state index contributed by atoms with van der Waals surface area (Å²) in [6, 6.07) is 9.35. The van der Waals surface area contributed by atoms with Crippen molar-refractivity contribution in [1.29, 1.82) is 0 Å². The predicted octanol–water partition coefficient (Wildman–Crippen LogP) is 2.15. The molecule has 18 heavy (non-hydrogen) atoms. The van der Waals surface area contributed by atoms with Crippen molar-refractivity contribution < 1.29 is 4.79 Å². The lowest BCUT2D eigenvalue weighted by molar-refractivity contribution is -0.132. The van der Waals surface area contributed by atoms with Crippen LogP contribution in [0.5, 0.6) is 0 Å². The van der Waals surface area contributed by atoms with Gasteiger partial charge in [-0.3, -0.25) is 4.79 Å². The first-order valence-electron chi connectivity index (χ1n) is 5.97. The Hall–Kier alpha value is -1.87. The van der Waals surface area contributed by atoms with Gasteiger partial charge in [-0.25, -0.2) is 0 Å². The Kier molecular flexibility index (Phi) is 5.88. The second-order valence-electron chi connectivity index (χ2n) is 3.95. The van der Waals surface area contributed by atoms with Gasteiger partial charge in [0.25, 0.3) is 0 Å². The normalized spacial score (nSPS) is 11.6. The summed E-state index contributed by atoms with van der Waals surface area (Å²) in [5.41, 5.74) is 0.961. The zero-order valence-electron chi connectivity index (χ0n) is 10.8. The molecule has 1 rings (SSSR count). The van der Waals surface area contributed by atoms with Gasteiger partial charge in [0.05, 0.1) is 0 Å². The zero-order chi connectivity index (χ0) is 13.4. The third-order valence-electron chi connectivity index (χ3n) is 2.68. The molecule has 0 radical (unpaired) electrons. The van der Waals surface area contributed by atoms with E-state index in [4.69, 9.17) is 0 Å². The van der Waals surface area contributed by atoms with Crippen molar-refractivity contribution >= 4 is 5.91 Å². The molecule has 1 aromatic carbocycles. The first kappa shape index (κ1) is 14.2. The van der Waals surface area contributed by atoms with Crippen LogP contribution in [0.15, 0.2) is 55.6 Å². The van der Waals surface area contributed by atoms with E-state index in [2.05, 4.69) is 18.5 Å². The SMILES string of the molecule is C=CCN(CC=C)C(=O)C(NC)c1ccccc1. The van der Waals surface area contributed by atoms with Crippen LogP contribution in [0.1, 0.15) is 11.6 Å². The maximum absolute atomic E-state index is 12.4. The molecule has 0 saturated heterocycles. The maximum atomic E-state index is 12.4. The lowest BCUT2D eigenvalue weighted by Crippen LogP contribution is -2.40. The fourth-order valence-corrected chi connectivity index (χ4v) is 1.83. The highest BCUT2D eigenvalue weighted by Gasteiger charge is 2.22. The van der Waals surface area contributed by atoms with Crippen molar-refractivity contribution in [3.8, 4) is 0 Å². The van der Waals surface area contributed by atoms with Crippen LogP contribution >= 0.6 is 0 Å². The van der Waals surface area contributed by atoms with Gasteiger partial charge in [0, 0.05) is 13.1 Å². The topological polar surface area (TPSA) is 32.3 Å². The van der Waals surface area contributed by atoms with Gasteiger partial charge in [0.1, 0.15) is 6.04 Å². The Morgan fingerprint density at radius 1 is 1.28 bits per heavy atom. The maximum Gasteiger partial charge on any atom is 0.244 e. The highest BCUT2D eigenvalue weighted by Crippen LogP contribution is 2.15. The zero-order valence-corrected chi connectivity index (χ0v) is 10.8. The minimum absolute atomic E-state index is 0.0310. The summed E-state index contributed by atoms with van der Waals surface area (Å²) >= 11 is 0. The monoisotopic (exact) mass is 244 g/mol. The van der Waals surface area contributed by atoms with E-state index >= 15 is 0 Å². The van der Waals surface area contributed by atoms with E-state index in [1.807, 2.05) is 30.3 Å². The van der Waals surface area contributed by atoms with Crippen LogP contribution in [-0.2, 0) is 4.79 Å². The third-order valence-corrected chi connectivity index (χ3v) is 2.68. The molecule has 0 heterocycles. The van der Waals surface area contributed by atoms with E-state index in [0.29, 0.717) is 13.1 Å². The van der Waals surface area contributed by atoms with E-state index in [0.717, 1.165) is 5.56 Å². The van der Waals surface area contributed by atoms with E-state index in [9.17, 15) is 4.79 Å². The van der Waals surface area contributed by atoms with Gasteiger partial charge in [0.15, 0.2) is 0 Å². The summed E-state index contributed by atoms with van der Waals surface area (Å²) < 4.78 is 0. The molecule has 1 atom stereocenters. The third kappa shape index (κ3) is 3.57. The van der Waals surface area contributed by atoms with Gasteiger partial charge in [0.2, 0.25) is 5.91 Å². The molecule has 3 heteroatoms. The van der Waals surface area contributed by atoms with Gasteiger partial charge in [-0.05, 0) is 12.6 Å². The molecule has 0 aliphatic carbocycles. The molecule has 1 unspecified atom stereocenters. The minimum Gasteiger partial charge on any atom is -0.334 e. The van der Waals surface area contributed by atoms with E-state index < -0.39 is 0 Å². The Bertz CT molecular complexity index is 390. The largest absolute Gasteiger partial charge is 0.334 e. The van der Waals surface area contributed by atoms with Gasteiger partial charge >= 0.3 is 0 Å². The molecule has 0 spiro atoms. The molecule has 0 aliphatic rings. The van der Waals surface area contributed by atoms with E-state index in [1.54, 1.807) is 24.1 Å². The van der Waals surface area contributed by atoms with Crippen molar-refractivity contribution in [2.75, 3.05) is 20.1 Å². The Morgan fingerprint density at radius 3 is 2.28 bits per heavy atom. The van der Waals surface area contributed by atoms with Crippen molar-refractivity contribution in [2.24, 2.45) is 0 Å². The highest BCUT2D eigenvalue weighted by atomic mass is 16.2. The summed E-state index contributed by atoms with van der Waals surface area (Å²) in [5, 5.41) is 3.06. The van der Waals surface area contributed by atoms with Crippen molar-refractivity contribution in [2.45, 2.75) is 6.04 Å². The number of hydrogen-bond donors (Lipinski definition) is 1. The Labute approximate surface area is 109 Å². The molecular formula is C15H20N2O. The summed E-state index contributed by atoms with van der Waals surface area (Å²) in [4.78, 5) is 14.1. The quantitative estimate of drug-likeness (QED) is 0.745. The Balaban J connectivity index is 2.89. The summed E-state index contributed by atoms with van der Waals surface area (Å²) in [6.45, 7) is 8.40. The number of carbonyl (C=O) groups excluding carboxylic acids is 1. The molecular weight excluding hydrogens is 224 g/mol. The molecule has 1 N–H and O–H groups in total. The smallest absolute Gasteiger partial charge is 0.244 e. The molecule has 0 aromatic heterocycles. The van der Waals surface area contributed by atoms with Crippen LogP contribution in [0.3, 0.4) is 0 Å². The summed E-state index contributed by atoms with van der Waals surface area (Å²) in [6.07, 6.45) is 3.44. The fraction of sp³-hybridized carbons (Fsp3) is 0.267. The van der Waals surface area contributed by atoms with Crippen LogP contribution in [-0.4, -0.2) is 30.9 Å². The van der Waals surface area contributed by atoms with Crippen molar-refractivity contribution in [3.63, 3.8) is 0 Å². The number of likely N-dealkylation sites (N-methyl/N-ethyl adjacent to an activating group) is 1. The molecule has 0 bridgehead atoms. The average molecular weight is 244 g/mol. The molecule has 3 nitrogen and oxygen atoms in total. The molecule has 96 valence electrons. The molecule has 0 aliphatic heterocycles. The van der Waals surface area contributed by atoms with Gasteiger partial charge in [-0.1, -0.05) is 42.5 Å². The summed E-state index contributed by atoms with van der Waals surface area (Å²) in [5.74, 6) is 0.0310. The second kappa shape index (κ2) is 7.45. The van der Waals surface area contributed by atoms with Crippen molar-refractivity contribution in [3.05, 3.63) is 61.2 Å². The predicted molar refractivity (Wildman–Crippen MR) is 75.2 cm³/mol. The number of nitrogens with one attached hydrogen (secondary N) is 1. The molecule has 0 saturated carbocycles. The standard InChI is InChI=1S/C15H20N2O/c1-4-11-17(12-5-2)15(18)14(16-3)13-9-7-6-8-10-13/h4-10,14,16H,1-2,11-12H2,3H3. The van der Waals surface area contributed by atoms with Crippen LogP contribution in [0.25, 0.3) is 0 Å². The molecule has 1 aromatic rings. The van der Waals surface area contributed by atoms with Gasteiger partial charge in [-0.2, -0.15) is 0 Å². The van der Waals surface area contributed by atoms with E-state index in [1.165, 1.54) is 0 Å². The first-order chi connectivity index (χ1) is 8.74. The Morgan fingerprint density at radius 2 is 1.83 bits per heavy atom. The van der Waals surface area contributed by atoms with Gasteiger partial charge < -0.3 is 10.2 Å². The number of carbonyl (C=O) groups is 1. The number of rotatable bonds is 7. The second-order valence-corrected chi connectivity index (χ2v) is 3.95. The number of benzene rings is 1. The lowest BCUT2D eigenvalue weighted by atomic mass is 10.1. The number of hydrogen-bond acceptors (Lipinski definition) is 2. The average Bonchev–Trinajstić information content (AvgIpc) is 2.40. The number of nitrogens with zero attached hydrogens (tertiary/aromatic N) is 1. The first-order valence-corrected chi connectivity index (χ1v) is 5.97. The lowest BCUT2D eigenvalue weighted by Gasteiger charge is -2.25. The molecule has 0 fully saturated rings. The number of amides is 1. The highest BCUT2D eigenvalue weighted by molar-refractivity contribution is 5.83. The van der Waals surface area contributed by atoms with E-state index in [-0.39, 0.29) is 11.9 Å². The van der Waals surface area contributed by atoms with Crippen LogP contribution in [0, 0.1) is 0 Å². The fourth-order valence-electron chi connectivity index (χ4n) is 1.83. The summed E-state index contributed by atoms with van der Waals surface area (Å²) in [7, 11) is 1.79. The van der Waals surface area contributed by atoms with Crippen LogP contribution in [0.4, 0.5) is 0 Å².